The van der Waals surface area contributed by atoms with Gasteiger partial charge in [-0.05, 0) is 22.0 Å². The predicted molar refractivity (Wildman–Crippen MR) is 72.6 cm³/mol. The average molecular weight is 291 g/mol. The summed E-state index contributed by atoms with van der Waals surface area (Å²) in [5.41, 5.74) is 9.65. The number of aromatic nitrogens is 3. The van der Waals surface area contributed by atoms with Gasteiger partial charge in [-0.15, -0.1) is 0 Å². The van der Waals surface area contributed by atoms with Crippen LogP contribution in [0.25, 0.3) is 22.2 Å². The van der Waals surface area contributed by atoms with Crippen molar-refractivity contribution >= 4 is 32.5 Å². The van der Waals surface area contributed by atoms with E-state index >= 15 is 0 Å². The van der Waals surface area contributed by atoms with Gasteiger partial charge in [0.05, 0.1) is 23.1 Å². The van der Waals surface area contributed by atoms with Crippen LogP contribution in [0.3, 0.4) is 0 Å². The maximum Gasteiger partial charge on any atom is 0.0901 e. The first kappa shape index (κ1) is 10.4. The number of benzene rings is 1. The van der Waals surface area contributed by atoms with E-state index in [0.717, 1.165) is 26.6 Å². The second-order valence-electron chi connectivity index (χ2n) is 3.99. The molecular weight excluding hydrogens is 280 g/mol. The molecule has 0 aliphatic rings. The quantitative estimate of drug-likeness (QED) is 0.724. The highest BCUT2D eigenvalue weighted by Gasteiger charge is 2.13. The summed E-state index contributed by atoms with van der Waals surface area (Å²) in [4.78, 5) is 0. The minimum absolute atomic E-state index is 0.664. The van der Waals surface area contributed by atoms with E-state index in [1.807, 2.05) is 19.2 Å². The molecule has 2 aromatic heterocycles. The van der Waals surface area contributed by atoms with Crippen molar-refractivity contribution in [1.82, 2.24) is 14.8 Å². The normalized spacial score (nSPS) is 11.2. The summed E-state index contributed by atoms with van der Waals surface area (Å²) in [7, 11) is 2.02. The van der Waals surface area contributed by atoms with Crippen molar-refractivity contribution in [3.8, 4) is 11.3 Å². The molecule has 0 fully saturated rings. The number of H-pyrrole nitrogens is 1. The molecule has 5 heteroatoms. The Bertz CT molecular complexity index is 696. The van der Waals surface area contributed by atoms with E-state index in [1.54, 1.807) is 6.20 Å². The number of nitrogens with two attached hydrogens (primary N) is 1. The summed E-state index contributed by atoms with van der Waals surface area (Å²) in [6, 6.07) is 6.13. The van der Waals surface area contributed by atoms with Crippen LogP contribution in [0.5, 0.6) is 0 Å². The average Bonchev–Trinajstić information content (AvgIpc) is 2.84. The molecule has 0 atom stereocenters. The van der Waals surface area contributed by atoms with Gasteiger partial charge in [-0.3, -0.25) is 5.10 Å². The highest BCUT2D eigenvalue weighted by Crippen LogP contribution is 2.34. The Hall–Kier alpha value is -1.75. The van der Waals surface area contributed by atoms with Crippen molar-refractivity contribution in [2.24, 2.45) is 7.05 Å². The molecule has 86 valence electrons. The van der Waals surface area contributed by atoms with E-state index in [0.29, 0.717) is 5.69 Å². The number of nitrogens with one attached hydrogen (secondary N) is 1. The van der Waals surface area contributed by atoms with Gasteiger partial charge < -0.3 is 10.3 Å². The van der Waals surface area contributed by atoms with Crippen LogP contribution in [0, 0.1) is 0 Å². The molecule has 0 saturated carbocycles. The molecule has 0 amide bonds. The van der Waals surface area contributed by atoms with E-state index in [-0.39, 0.29) is 0 Å². The van der Waals surface area contributed by atoms with Crippen LogP contribution in [0.1, 0.15) is 0 Å². The predicted octanol–water partition coefficient (Wildman–Crippen LogP) is 2.91. The fourth-order valence-corrected chi connectivity index (χ4v) is 2.78. The van der Waals surface area contributed by atoms with Crippen molar-refractivity contribution in [2.45, 2.75) is 0 Å². The van der Waals surface area contributed by atoms with E-state index in [2.05, 4.69) is 43.0 Å². The number of anilines is 1. The molecule has 0 unspecified atom stereocenters. The number of hydrogen-bond donors (Lipinski definition) is 2. The molecule has 3 rings (SSSR count). The van der Waals surface area contributed by atoms with Crippen molar-refractivity contribution in [3.63, 3.8) is 0 Å². The third-order valence-electron chi connectivity index (χ3n) is 2.89. The summed E-state index contributed by atoms with van der Waals surface area (Å²) in [6.07, 6.45) is 3.69. The number of aromatic amines is 1. The summed E-state index contributed by atoms with van der Waals surface area (Å²) in [5, 5.41) is 8.06. The Morgan fingerprint density at radius 2 is 2.24 bits per heavy atom. The Morgan fingerprint density at radius 1 is 1.41 bits per heavy atom. The van der Waals surface area contributed by atoms with Crippen LogP contribution in [-0.2, 0) is 7.05 Å². The number of aryl methyl sites for hydroxylation is 1. The molecule has 3 aromatic rings. The monoisotopic (exact) mass is 290 g/mol. The summed E-state index contributed by atoms with van der Waals surface area (Å²) >= 11 is 3.56. The molecule has 0 saturated heterocycles. The fourth-order valence-electron chi connectivity index (χ4n) is 2.13. The lowest BCUT2D eigenvalue weighted by Crippen LogP contribution is -1.85. The molecule has 2 heterocycles. The smallest absolute Gasteiger partial charge is 0.0901 e. The maximum atomic E-state index is 5.90. The van der Waals surface area contributed by atoms with Gasteiger partial charge in [-0.2, -0.15) is 5.10 Å². The summed E-state index contributed by atoms with van der Waals surface area (Å²) in [6.45, 7) is 0. The lowest BCUT2D eigenvalue weighted by molar-refractivity contribution is 0.966. The third kappa shape index (κ3) is 1.46. The molecule has 0 aliphatic carbocycles. The lowest BCUT2D eigenvalue weighted by atomic mass is 10.1. The standard InChI is InChI=1S/C12H11BrN4/c1-17-6-8(11-10(14)5-15-16-11)7-3-2-4-9(13)12(7)17/h2-6H,14H2,1H3,(H,15,16). The number of halogens is 1. The first-order valence-corrected chi connectivity index (χ1v) is 6.00. The lowest BCUT2D eigenvalue weighted by Gasteiger charge is -1.99. The van der Waals surface area contributed by atoms with Crippen LogP contribution >= 0.6 is 15.9 Å². The molecule has 0 aliphatic heterocycles. The van der Waals surface area contributed by atoms with Crippen LogP contribution in [0.2, 0.25) is 0 Å². The van der Waals surface area contributed by atoms with E-state index < -0.39 is 0 Å². The number of fused-ring (bicyclic) bond motifs is 1. The number of nitrogens with zero attached hydrogens (tertiary/aromatic N) is 2. The number of hydrogen-bond acceptors (Lipinski definition) is 2. The van der Waals surface area contributed by atoms with Crippen LogP contribution < -0.4 is 5.73 Å². The first-order chi connectivity index (χ1) is 8.18. The molecule has 0 bridgehead atoms. The molecule has 3 N–H and O–H groups in total. The van der Waals surface area contributed by atoms with Crippen LogP contribution in [0.4, 0.5) is 5.69 Å². The minimum atomic E-state index is 0.664. The van der Waals surface area contributed by atoms with Gasteiger partial charge >= 0.3 is 0 Å². The summed E-state index contributed by atoms with van der Waals surface area (Å²) < 4.78 is 3.15. The maximum absolute atomic E-state index is 5.90. The largest absolute Gasteiger partial charge is 0.396 e. The zero-order chi connectivity index (χ0) is 12.0. The van der Waals surface area contributed by atoms with Gasteiger partial charge in [-0.1, -0.05) is 12.1 Å². The van der Waals surface area contributed by atoms with Crippen molar-refractivity contribution < 1.29 is 0 Å². The molecule has 1 aromatic carbocycles. The van der Waals surface area contributed by atoms with Crippen molar-refractivity contribution in [2.75, 3.05) is 5.73 Å². The molecule has 0 radical (unpaired) electrons. The van der Waals surface area contributed by atoms with Crippen molar-refractivity contribution in [3.05, 3.63) is 35.1 Å². The van der Waals surface area contributed by atoms with E-state index in [1.165, 1.54) is 0 Å². The summed E-state index contributed by atoms with van der Waals surface area (Å²) in [5.74, 6) is 0. The molecule has 0 spiro atoms. The van der Waals surface area contributed by atoms with Gasteiger partial charge in [0.25, 0.3) is 0 Å². The van der Waals surface area contributed by atoms with Crippen LogP contribution in [-0.4, -0.2) is 14.8 Å². The minimum Gasteiger partial charge on any atom is -0.396 e. The topological polar surface area (TPSA) is 59.6 Å². The Labute approximate surface area is 107 Å². The van der Waals surface area contributed by atoms with Gasteiger partial charge in [0, 0.05) is 28.7 Å². The fraction of sp³-hybridized carbons (Fsp3) is 0.0833. The van der Waals surface area contributed by atoms with Gasteiger partial charge in [0.1, 0.15) is 0 Å². The third-order valence-corrected chi connectivity index (χ3v) is 3.53. The van der Waals surface area contributed by atoms with Gasteiger partial charge in [-0.25, -0.2) is 0 Å². The zero-order valence-corrected chi connectivity index (χ0v) is 10.8. The van der Waals surface area contributed by atoms with Crippen molar-refractivity contribution in [1.29, 1.82) is 0 Å². The van der Waals surface area contributed by atoms with E-state index in [9.17, 15) is 0 Å². The first-order valence-electron chi connectivity index (χ1n) is 5.21. The Balaban J connectivity index is 2.40. The zero-order valence-electron chi connectivity index (χ0n) is 9.24. The van der Waals surface area contributed by atoms with Crippen LogP contribution in [0.15, 0.2) is 35.1 Å². The second-order valence-corrected chi connectivity index (χ2v) is 4.84. The highest BCUT2D eigenvalue weighted by molar-refractivity contribution is 9.10. The number of rotatable bonds is 1. The molecular formula is C12H11BrN4. The number of para-hydroxylation sites is 1. The van der Waals surface area contributed by atoms with Gasteiger partial charge in [0.2, 0.25) is 0 Å². The molecule has 17 heavy (non-hydrogen) atoms. The SMILES string of the molecule is Cn1cc(-c2[nH]ncc2N)c2cccc(Br)c21. The Kier molecular flexibility index (Phi) is 2.22. The molecule has 4 nitrogen and oxygen atoms in total. The highest BCUT2D eigenvalue weighted by atomic mass is 79.9. The van der Waals surface area contributed by atoms with Gasteiger partial charge in [0.15, 0.2) is 0 Å². The Morgan fingerprint density at radius 3 is 2.94 bits per heavy atom. The van der Waals surface area contributed by atoms with E-state index in [4.69, 9.17) is 5.73 Å². The number of nitrogen functional groups attached to an aromatic ring is 1. The second kappa shape index (κ2) is 3.63.